The number of amides is 1. The van der Waals surface area contributed by atoms with Crippen LogP contribution in [0.2, 0.25) is 0 Å². The Kier molecular flexibility index (Phi) is 5.47. The van der Waals surface area contributed by atoms with Crippen LogP contribution in [0.3, 0.4) is 0 Å². The fourth-order valence-electron chi connectivity index (χ4n) is 4.42. The smallest absolute Gasteiger partial charge is 0.237 e. The van der Waals surface area contributed by atoms with Gasteiger partial charge in [0.2, 0.25) is 5.91 Å². The van der Waals surface area contributed by atoms with E-state index in [1.165, 1.54) is 0 Å². The largest absolute Gasteiger partial charge is 0.348 e. The third-order valence-electron chi connectivity index (χ3n) is 5.76. The highest BCUT2D eigenvalue weighted by molar-refractivity contribution is 5.92. The van der Waals surface area contributed by atoms with Gasteiger partial charge < -0.3 is 9.80 Å². The Bertz CT molecular complexity index is 685. The van der Waals surface area contributed by atoms with Gasteiger partial charge in [0.15, 0.2) is 0 Å². The molecule has 0 unspecified atom stereocenters. The average molecular weight is 351 g/mol. The van der Waals surface area contributed by atoms with Crippen molar-refractivity contribution in [2.24, 2.45) is 5.92 Å². The molecule has 0 N–H and O–H groups in total. The van der Waals surface area contributed by atoms with Crippen LogP contribution < -0.4 is 0 Å². The van der Waals surface area contributed by atoms with Crippen LogP contribution in [0.15, 0.2) is 60.7 Å². The quantitative estimate of drug-likeness (QED) is 0.819. The van der Waals surface area contributed by atoms with E-state index in [4.69, 9.17) is 0 Å². The third kappa shape index (κ3) is 3.16. The van der Waals surface area contributed by atoms with Crippen molar-refractivity contribution in [3.8, 4) is 0 Å². The maximum absolute atomic E-state index is 13.7. The second-order valence-corrected chi connectivity index (χ2v) is 7.81. The Morgan fingerprint density at radius 3 is 1.88 bits per heavy atom. The minimum absolute atomic E-state index is 0.172. The number of likely N-dealkylation sites (N-methyl/N-ethyl adjacent to an activating group) is 1. The van der Waals surface area contributed by atoms with Crippen LogP contribution in [0.4, 0.5) is 0 Å². The molecule has 1 aliphatic rings. The highest BCUT2D eigenvalue weighted by Gasteiger charge is 2.51. The summed E-state index contributed by atoms with van der Waals surface area (Å²) < 4.78 is 0. The van der Waals surface area contributed by atoms with Gasteiger partial charge in [-0.2, -0.15) is 0 Å². The van der Waals surface area contributed by atoms with Crippen molar-refractivity contribution in [2.75, 3.05) is 27.2 Å². The van der Waals surface area contributed by atoms with Gasteiger partial charge in [-0.25, -0.2) is 0 Å². The van der Waals surface area contributed by atoms with Gasteiger partial charge in [-0.05, 0) is 43.9 Å². The average Bonchev–Trinajstić information content (AvgIpc) is 3.15. The maximum Gasteiger partial charge on any atom is 0.237 e. The normalized spacial score (nSPS) is 18.3. The predicted octanol–water partition coefficient (Wildman–Crippen LogP) is 3.79. The van der Waals surface area contributed by atoms with Crippen molar-refractivity contribution in [1.29, 1.82) is 0 Å². The van der Waals surface area contributed by atoms with Gasteiger partial charge >= 0.3 is 0 Å². The Hall–Kier alpha value is -2.13. The molecule has 1 fully saturated rings. The number of carbonyl (C=O) groups excluding carboxylic acids is 1. The van der Waals surface area contributed by atoms with Gasteiger partial charge in [-0.3, -0.25) is 4.79 Å². The van der Waals surface area contributed by atoms with Crippen LogP contribution in [0.1, 0.15) is 31.4 Å². The minimum Gasteiger partial charge on any atom is -0.348 e. The van der Waals surface area contributed by atoms with E-state index in [0.717, 1.165) is 30.6 Å². The van der Waals surface area contributed by atoms with Gasteiger partial charge in [0.05, 0.1) is 0 Å². The lowest BCUT2D eigenvalue weighted by atomic mass is 9.64. The second-order valence-electron chi connectivity index (χ2n) is 7.81. The SMILES string of the molecule is CC(C)N1CC[C@@H](C(C(=O)N(C)C)(c2ccccc2)c2ccccc2)C1. The zero-order valence-electron chi connectivity index (χ0n) is 16.4. The number of hydrogen-bond acceptors (Lipinski definition) is 2. The first-order valence-corrected chi connectivity index (χ1v) is 9.54. The zero-order valence-corrected chi connectivity index (χ0v) is 16.4. The molecule has 1 saturated heterocycles. The monoisotopic (exact) mass is 350 g/mol. The van der Waals surface area contributed by atoms with E-state index in [2.05, 4.69) is 43.0 Å². The predicted molar refractivity (Wildman–Crippen MR) is 107 cm³/mol. The Balaban J connectivity index is 2.21. The number of nitrogens with zero attached hydrogens (tertiary/aromatic N) is 2. The van der Waals surface area contributed by atoms with E-state index in [1.807, 2.05) is 50.5 Å². The van der Waals surface area contributed by atoms with Crippen molar-refractivity contribution in [1.82, 2.24) is 9.80 Å². The van der Waals surface area contributed by atoms with E-state index >= 15 is 0 Å². The van der Waals surface area contributed by atoms with E-state index in [1.54, 1.807) is 4.90 Å². The minimum atomic E-state index is -0.643. The van der Waals surface area contributed by atoms with Crippen LogP contribution in [-0.4, -0.2) is 48.9 Å². The van der Waals surface area contributed by atoms with Crippen molar-refractivity contribution >= 4 is 5.91 Å². The summed E-state index contributed by atoms with van der Waals surface area (Å²) in [5.41, 5.74) is 1.55. The molecule has 2 aromatic rings. The van der Waals surface area contributed by atoms with E-state index in [9.17, 15) is 4.79 Å². The first-order valence-electron chi connectivity index (χ1n) is 9.54. The van der Waals surface area contributed by atoms with Crippen LogP contribution in [0.5, 0.6) is 0 Å². The fraction of sp³-hybridized carbons (Fsp3) is 0.435. The van der Waals surface area contributed by atoms with Crippen LogP contribution in [0.25, 0.3) is 0 Å². The molecular weight excluding hydrogens is 320 g/mol. The van der Waals surface area contributed by atoms with Crippen molar-refractivity contribution < 1.29 is 4.79 Å². The van der Waals surface area contributed by atoms with Gasteiger partial charge in [-0.15, -0.1) is 0 Å². The number of carbonyl (C=O) groups is 1. The summed E-state index contributed by atoms with van der Waals surface area (Å²) in [6.45, 7) is 6.47. The van der Waals surface area contributed by atoms with Crippen molar-refractivity contribution in [3.05, 3.63) is 71.8 Å². The summed E-state index contributed by atoms with van der Waals surface area (Å²) in [7, 11) is 3.75. The highest BCUT2D eigenvalue weighted by Crippen LogP contribution is 2.45. The Labute approximate surface area is 157 Å². The van der Waals surface area contributed by atoms with Gasteiger partial charge in [-0.1, -0.05) is 60.7 Å². The van der Waals surface area contributed by atoms with Crippen LogP contribution >= 0.6 is 0 Å². The molecule has 0 radical (unpaired) electrons. The molecular formula is C23H30N2O. The van der Waals surface area contributed by atoms with Gasteiger partial charge in [0, 0.05) is 26.7 Å². The van der Waals surface area contributed by atoms with E-state index in [0.29, 0.717) is 6.04 Å². The summed E-state index contributed by atoms with van der Waals surface area (Å²) in [5, 5.41) is 0. The number of benzene rings is 2. The topological polar surface area (TPSA) is 23.6 Å². The Morgan fingerprint density at radius 2 is 1.50 bits per heavy atom. The molecule has 138 valence electrons. The molecule has 1 amide bonds. The first-order chi connectivity index (χ1) is 12.5. The molecule has 0 spiro atoms. The molecule has 3 heteroatoms. The number of rotatable bonds is 5. The molecule has 1 aliphatic heterocycles. The third-order valence-corrected chi connectivity index (χ3v) is 5.76. The standard InChI is InChI=1S/C23H30N2O/c1-18(2)25-16-15-21(17-25)23(22(26)24(3)4,19-11-7-5-8-12-19)20-13-9-6-10-14-20/h5-14,18,21H,15-17H2,1-4H3/t21-/m1/s1. The maximum atomic E-state index is 13.7. The molecule has 2 aromatic carbocycles. The lowest BCUT2D eigenvalue weighted by molar-refractivity contribution is -0.135. The van der Waals surface area contributed by atoms with Crippen LogP contribution in [0, 0.1) is 5.92 Å². The summed E-state index contributed by atoms with van der Waals surface area (Å²) in [6, 6.07) is 21.2. The molecule has 1 atom stereocenters. The van der Waals surface area contributed by atoms with Crippen molar-refractivity contribution in [2.45, 2.75) is 31.7 Å². The fourth-order valence-corrected chi connectivity index (χ4v) is 4.42. The Morgan fingerprint density at radius 1 is 1.00 bits per heavy atom. The molecule has 3 rings (SSSR count). The molecule has 0 aliphatic carbocycles. The zero-order chi connectivity index (χ0) is 18.7. The molecule has 1 heterocycles. The van der Waals surface area contributed by atoms with Gasteiger partial charge in [0.25, 0.3) is 0 Å². The molecule has 0 aromatic heterocycles. The molecule has 0 bridgehead atoms. The van der Waals surface area contributed by atoms with E-state index < -0.39 is 5.41 Å². The van der Waals surface area contributed by atoms with E-state index in [-0.39, 0.29) is 11.8 Å². The van der Waals surface area contributed by atoms with Crippen LogP contribution in [-0.2, 0) is 10.2 Å². The number of likely N-dealkylation sites (tertiary alicyclic amines) is 1. The number of hydrogen-bond donors (Lipinski definition) is 0. The molecule has 3 nitrogen and oxygen atoms in total. The summed E-state index contributed by atoms with van der Waals surface area (Å²) in [5.74, 6) is 0.426. The summed E-state index contributed by atoms with van der Waals surface area (Å²) >= 11 is 0. The van der Waals surface area contributed by atoms with Crippen molar-refractivity contribution in [3.63, 3.8) is 0 Å². The van der Waals surface area contributed by atoms with Gasteiger partial charge in [0.1, 0.15) is 5.41 Å². The highest BCUT2D eigenvalue weighted by atomic mass is 16.2. The lowest BCUT2D eigenvalue weighted by Gasteiger charge is -2.41. The summed E-state index contributed by atoms with van der Waals surface area (Å²) in [4.78, 5) is 18.0. The summed E-state index contributed by atoms with van der Waals surface area (Å²) in [6.07, 6.45) is 1.03. The lowest BCUT2D eigenvalue weighted by Crippen LogP contribution is -2.51. The molecule has 26 heavy (non-hydrogen) atoms. The second kappa shape index (κ2) is 7.63. The molecule has 0 saturated carbocycles. The first kappa shape index (κ1) is 18.7.